The molecule has 22 heavy (non-hydrogen) atoms. The van der Waals surface area contributed by atoms with Crippen molar-refractivity contribution in [1.29, 1.82) is 0 Å². The SMILES string of the molecule is CC(=O)c1csc(C(=O)NS(=O)(=O)c2cnc(Cl)c(Cl)c2)c1. The lowest BCUT2D eigenvalue weighted by atomic mass is 10.2. The fourth-order valence-corrected chi connectivity index (χ4v) is 3.60. The summed E-state index contributed by atoms with van der Waals surface area (Å²) in [7, 11) is -4.14. The van der Waals surface area contributed by atoms with Crippen molar-refractivity contribution in [3.05, 3.63) is 44.3 Å². The Bertz CT molecular complexity index is 862. The van der Waals surface area contributed by atoms with Crippen molar-refractivity contribution in [2.75, 3.05) is 0 Å². The van der Waals surface area contributed by atoms with E-state index in [0.29, 0.717) is 5.56 Å². The van der Waals surface area contributed by atoms with Crippen molar-refractivity contribution in [2.45, 2.75) is 11.8 Å². The van der Waals surface area contributed by atoms with Crippen LogP contribution in [0.25, 0.3) is 0 Å². The van der Waals surface area contributed by atoms with Gasteiger partial charge in [0.05, 0.1) is 9.90 Å². The summed E-state index contributed by atoms with van der Waals surface area (Å²) in [6, 6.07) is 2.41. The largest absolute Gasteiger partial charge is 0.294 e. The maximum atomic E-state index is 12.1. The zero-order valence-corrected chi connectivity index (χ0v) is 14.1. The number of halogens is 2. The molecule has 1 N–H and O–H groups in total. The number of sulfonamides is 1. The third kappa shape index (κ3) is 3.64. The van der Waals surface area contributed by atoms with E-state index < -0.39 is 15.9 Å². The van der Waals surface area contributed by atoms with Crippen LogP contribution in [0.5, 0.6) is 0 Å². The van der Waals surface area contributed by atoms with Gasteiger partial charge < -0.3 is 0 Å². The number of hydrogen-bond donors (Lipinski definition) is 1. The minimum absolute atomic E-state index is 0.0451. The summed E-state index contributed by atoms with van der Waals surface area (Å²) in [5, 5.41) is 1.38. The Kier molecular flexibility index (Phi) is 4.86. The molecule has 0 fully saturated rings. The molecule has 0 radical (unpaired) electrons. The standard InChI is InChI=1S/C12H8Cl2N2O4S2/c1-6(17)7-2-10(21-5-7)12(18)16-22(19,20)8-3-9(13)11(14)15-4-8/h2-5H,1H3,(H,16,18). The Morgan fingerprint density at radius 2 is 1.95 bits per heavy atom. The van der Waals surface area contributed by atoms with E-state index >= 15 is 0 Å². The van der Waals surface area contributed by atoms with Crippen molar-refractivity contribution >= 4 is 56.3 Å². The summed E-state index contributed by atoms with van der Waals surface area (Å²) in [4.78, 5) is 26.5. The van der Waals surface area contributed by atoms with E-state index in [4.69, 9.17) is 23.2 Å². The molecule has 0 atom stereocenters. The summed E-state index contributed by atoms with van der Waals surface area (Å²) >= 11 is 12.3. The number of rotatable bonds is 4. The molecule has 0 saturated carbocycles. The van der Waals surface area contributed by atoms with Gasteiger partial charge in [-0.3, -0.25) is 9.59 Å². The van der Waals surface area contributed by atoms with Crippen molar-refractivity contribution in [3.63, 3.8) is 0 Å². The molecule has 0 aromatic carbocycles. The molecular weight excluding hydrogens is 371 g/mol. The number of hydrogen-bond acceptors (Lipinski definition) is 6. The molecule has 10 heteroatoms. The highest BCUT2D eigenvalue weighted by molar-refractivity contribution is 7.90. The molecule has 2 rings (SSSR count). The Balaban J connectivity index is 2.25. The van der Waals surface area contributed by atoms with Gasteiger partial charge in [-0.15, -0.1) is 11.3 Å². The highest BCUT2D eigenvalue weighted by Crippen LogP contribution is 2.22. The van der Waals surface area contributed by atoms with Gasteiger partial charge in [0.25, 0.3) is 15.9 Å². The van der Waals surface area contributed by atoms with Crippen LogP contribution >= 0.6 is 34.5 Å². The van der Waals surface area contributed by atoms with Gasteiger partial charge in [0, 0.05) is 17.1 Å². The minimum Gasteiger partial charge on any atom is -0.294 e. The summed E-state index contributed by atoms with van der Waals surface area (Å²) < 4.78 is 26.0. The number of carbonyl (C=O) groups is 2. The lowest BCUT2D eigenvalue weighted by Crippen LogP contribution is -2.30. The first-order valence-corrected chi connectivity index (χ1v) is 8.80. The van der Waals surface area contributed by atoms with Crippen LogP contribution in [0.3, 0.4) is 0 Å². The van der Waals surface area contributed by atoms with E-state index in [2.05, 4.69) is 4.98 Å². The summed E-state index contributed by atoms with van der Waals surface area (Å²) in [5.41, 5.74) is 0.337. The highest BCUT2D eigenvalue weighted by Gasteiger charge is 2.21. The number of nitrogens with zero attached hydrogens (tertiary/aromatic N) is 1. The molecule has 2 heterocycles. The van der Waals surface area contributed by atoms with Crippen LogP contribution in [0.2, 0.25) is 10.2 Å². The number of amides is 1. The van der Waals surface area contributed by atoms with Crippen molar-refractivity contribution in [3.8, 4) is 0 Å². The number of aromatic nitrogens is 1. The molecule has 6 nitrogen and oxygen atoms in total. The van der Waals surface area contributed by atoms with Crippen LogP contribution < -0.4 is 4.72 Å². The van der Waals surface area contributed by atoms with Gasteiger partial charge in [0.2, 0.25) is 0 Å². The van der Waals surface area contributed by atoms with Gasteiger partial charge >= 0.3 is 0 Å². The van der Waals surface area contributed by atoms with Crippen molar-refractivity contribution < 1.29 is 18.0 Å². The molecule has 0 aliphatic rings. The van der Waals surface area contributed by atoms with Crippen LogP contribution in [-0.4, -0.2) is 25.1 Å². The van der Waals surface area contributed by atoms with Crippen molar-refractivity contribution in [1.82, 2.24) is 9.71 Å². The van der Waals surface area contributed by atoms with E-state index in [1.165, 1.54) is 18.4 Å². The number of nitrogens with one attached hydrogen (secondary N) is 1. The van der Waals surface area contributed by atoms with E-state index in [1.54, 1.807) is 0 Å². The third-order valence-electron chi connectivity index (χ3n) is 2.54. The average Bonchev–Trinajstić information content (AvgIpc) is 2.91. The van der Waals surface area contributed by atoms with E-state index in [9.17, 15) is 18.0 Å². The number of carbonyl (C=O) groups excluding carboxylic acids is 2. The molecule has 116 valence electrons. The normalized spacial score (nSPS) is 11.2. The lowest BCUT2D eigenvalue weighted by molar-refractivity contribution is 0.0985. The third-order valence-corrected chi connectivity index (χ3v) is 5.45. The van der Waals surface area contributed by atoms with E-state index in [-0.39, 0.29) is 25.7 Å². The predicted molar refractivity (Wildman–Crippen MR) is 83.2 cm³/mol. The molecule has 0 aliphatic heterocycles. The maximum Gasteiger partial charge on any atom is 0.275 e. The molecule has 2 aromatic rings. The summed E-state index contributed by atoms with van der Waals surface area (Å²) in [6.07, 6.45) is 0.985. The lowest BCUT2D eigenvalue weighted by Gasteiger charge is -2.06. The first-order valence-electron chi connectivity index (χ1n) is 5.68. The van der Waals surface area contributed by atoms with Crippen LogP contribution in [0.1, 0.15) is 27.0 Å². The second-order valence-electron chi connectivity index (χ2n) is 4.13. The average molecular weight is 379 g/mol. The first-order chi connectivity index (χ1) is 10.2. The molecule has 2 aromatic heterocycles. The molecule has 1 amide bonds. The van der Waals surface area contributed by atoms with Gasteiger partial charge in [0.15, 0.2) is 5.78 Å². The van der Waals surface area contributed by atoms with Gasteiger partial charge in [-0.05, 0) is 19.1 Å². The molecule has 0 bridgehead atoms. The predicted octanol–water partition coefficient (Wildman–Crippen LogP) is 2.77. The zero-order chi connectivity index (χ0) is 16.5. The Morgan fingerprint density at radius 3 is 2.50 bits per heavy atom. The fraction of sp³-hybridized carbons (Fsp3) is 0.0833. The quantitative estimate of drug-likeness (QED) is 0.651. The Morgan fingerprint density at radius 1 is 1.27 bits per heavy atom. The number of thiophene rings is 1. The van der Waals surface area contributed by atoms with E-state index in [0.717, 1.165) is 23.6 Å². The topological polar surface area (TPSA) is 93.2 Å². The van der Waals surface area contributed by atoms with Gasteiger partial charge in [0.1, 0.15) is 10.0 Å². The van der Waals surface area contributed by atoms with Crippen LogP contribution in [0.4, 0.5) is 0 Å². The number of pyridine rings is 1. The smallest absolute Gasteiger partial charge is 0.275 e. The van der Waals surface area contributed by atoms with Gasteiger partial charge in [-0.2, -0.15) is 0 Å². The first kappa shape index (κ1) is 16.9. The second kappa shape index (κ2) is 6.33. The van der Waals surface area contributed by atoms with Gasteiger partial charge in [-0.25, -0.2) is 18.1 Å². The van der Waals surface area contributed by atoms with E-state index in [1.807, 2.05) is 4.72 Å². The molecule has 0 saturated heterocycles. The van der Waals surface area contributed by atoms with Crippen LogP contribution in [-0.2, 0) is 10.0 Å². The monoisotopic (exact) mass is 378 g/mol. The zero-order valence-electron chi connectivity index (χ0n) is 11.0. The fourth-order valence-electron chi connectivity index (χ4n) is 1.42. The summed E-state index contributed by atoms with van der Waals surface area (Å²) in [5.74, 6) is -1.06. The maximum absolute atomic E-state index is 12.1. The molecule has 0 aliphatic carbocycles. The molecular formula is C12H8Cl2N2O4S2. The Labute approximate surface area is 140 Å². The second-order valence-corrected chi connectivity index (χ2v) is 7.49. The Hall–Kier alpha value is -1.48. The summed E-state index contributed by atoms with van der Waals surface area (Å²) in [6.45, 7) is 1.35. The number of ketones is 1. The molecule has 0 unspecified atom stereocenters. The van der Waals surface area contributed by atoms with Crippen LogP contribution in [0, 0.1) is 0 Å². The van der Waals surface area contributed by atoms with Crippen molar-refractivity contribution in [2.24, 2.45) is 0 Å². The number of Topliss-reactive ketones (excluding diaryl/α,β-unsaturated/α-hetero) is 1. The van der Waals surface area contributed by atoms with Crippen LogP contribution in [0.15, 0.2) is 28.6 Å². The molecule has 0 spiro atoms. The minimum atomic E-state index is -4.14. The highest BCUT2D eigenvalue weighted by atomic mass is 35.5. The van der Waals surface area contributed by atoms with Gasteiger partial charge in [-0.1, -0.05) is 23.2 Å².